The second-order valence-electron chi connectivity index (χ2n) is 6.24. The van der Waals surface area contributed by atoms with E-state index in [1.165, 1.54) is 28.4 Å². The molecule has 0 N–H and O–H groups in total. The third kappa shape index (κ3) is 6.71. The highest BCUT2D eigenvalue weighted by Crippen LogP contribution is 2.44. The molecule has 2 aromatic rings. The molecule has 0 aliphatic rings. The fraction of sp³-hybridized carbons (Fsp3) is 0.429. The average Bonchev–Trinajstić information content (AvgIpc) is 3.24. The molecule has 2 rings (SSSR count). The van der Waals surface area contributed by atoms with Crippen LogP contribution < -0.4 is 9.47 Å². The Labute approximate surface area is 188 Å². The van der Waals surface area contributed by atoms with E-state index in [9.17, 15) is 9.59 Å². The van der Waals surface area contributed by atoms with E-state index in [4.69, 9.17) is 28.1 Å². The highest BCUT2D eigenvalue weighted by Gasteiger charge is 2.25. The van der Waals surface area contributed by atoms with Gasteiger partial charge in [0.05, 0.1) is 37.1 Å². The van der Waals surface area contributed by atoms with E-state index in [0.29, 0.717) is 45.0 Å². The minimum Gasteiger partial charge on any atom is -0.469 e. The van der Waals surface area contributed by atoms with Crippen LogP contribution in [0.4, 0.5) is 0 Å². The molecule has 0 radical (unpaired) electrons. The number of esters is 2. The third-order valence-electron chi connectivity index (χ3n) is 4.22. The van der Waals surface area contributed by atoms with Gasteiger partial charge in [-0.3, -0.25) is 9.59 Å². The predicted octanol–water partition coefficient (Wildman–Crippen LogP) is 3.50. The van der Waals surface area contributed by atoms with Crippen molar-refractivity contribution in [3.63, 3.8) is 0 Å². The molecule has 0 amide bonds. The highest BCUT2D eigenvalue weighted by atomic mass is 79.9. The van der Waals surface area contributed by atoms with Gasteiger partial charge in [-0.25, -0.2) is 0 Å². The first-order valence-corrected chi connectivity index (χ1v) is 10.1. The monoisotopic (exact) mass is 500 g/mol. The summed E-state index contributed by atoms with van der Waals surface area (Å²) in [5.74, 6) is 1.02. The zero-order chi connectivity index (χ0) is 22.8. The first-order valence-electron chi connectivity index (χ1n) is 9.26. The second kappa shape index (κ2) is 12.3. The molecule has 0 aliphatic heterocycles. The molecule has 0 bridgehead atoms. The fourth-order valence-corrected chi connectivity index (χ4v) is 3.32. The Morgan fingerprint density at radius 3 is 2.19 bits per heavy atom. The quantitative estimate of drug-likeness (QED) is 0.319. The number of rotatable bonds is 12. The molecular weight excluding hydrogens is 476 g/mol. The van der Waals surface area contributed by atoms with Crippen molar-refractivity contribution < 1.29 is 42.4 Å². The van der Waals surface area contributed by atoms with Crippen LogP contribution in [0.15, 0.2) is 27.1 Å². The van der Waals surface area contributed by atoms with Gasteiger partial charge in [-0.1, -0.05) is 0 Å². The van der Waals surface area contributed by atoms with Crippen molar-refractivity contribution in [3.05, 3.63) is 34.0 Å². The number of halogens is 1. The molecule has 9 nitrogen and oxygen atoms in total. The summed E-state index contributed by atoms with van der Waals surface area (Å²) in [6.07, 6.45) is 0.473. The Bertz CT molecular complexity index is 891. The van der Waals surface area contributed by atoms with E-state index in [2.05, 4.69) is 20.7 Å². The summed E-state index contributed by atoms with van der Waals surface area (Å²) >= 11 is 3.51. The van der Waals surface area contributed by atoms with E-state index in [0.717, 1.165) is 0 Å². The Hall–Kier alpha value is -2.56. The maximum atomic E-state index is 12.1. The number of ether oxygens (including phenoxy) is 6. The fourth-order valence-electron chi connectivity index (χ4n) is 2.75. The standard InChI is InChI=1S/C21H25BrO9/c1-25-11-29-16-10-17(30-12-26-2)21(22)14(9-19(24)28-4)20(16)15-7-5-13(31-15)6-8-18(23)27-3/h5,7,10H,6,8-9,11-12H2,1-4H3. The van der Waals surface area contributed by atoms with E-state index in [1.54, 1.807) is 18.2 Å². The lowest BCUT2D eigenvalue weighted by Gasteiger charge is -2.18. The average molecular weight is 501 g/mol. The molecule has 10 heteroatoms. The molecular formula is C21H25BrO9. The number of benzene rings is 1. The SMILES string of the molecule is COCOc1cc(OCOC)c(-c2ccc(CCC(=O)OC)o2)c(CC(=O)OC)c1Br. The molecule has 1 aromatic carbocycles. The lowest BCUT2D eigenvalue weighted by atomic mass is 10.0. The molecule has 0 unspecified atom stereocenters. The van der Waals surface area contributed by atoms with Gasteiger partial charge in [0.2, 0.25) is 0 Å². The van der Waals surface area contributed by atoms with Gasteiger partial charge < -0.3 is 32.8 Å². The summed E-state index contributed by atoms with van der Waals surface area (Å²) < 4.78 is 37.4. The summed E-state index contributed by atoms with van der Waals surface area (Å²) in [6, 6.07) is 5.14. The molecule has 0 atom stereocenters. The van der Waals surface area contributed by atoms with Crippen LogP contribution in [-0.2, 0) is 41.4 Å². The summed E-state index contributed by atoms with van der Waals surface area (Å²) in [4.78, 5) is 23.6. The first kappa shape index (κ1) is 24.7. The van der Waals surface area contributed by atoms with Crippen molar-refractivity contribution >= 4 is 27.9 Å². The molecule has 170 valence electrons. The molecule has 0 saturated heterocycles. The lowest BCUT2D eigenvalue weighted by molar-refractivity contribution is -0.141. The Kier molecular flexibility index (Phi) is 9.83. The molecule has 1 aromatic heterocycles. The van der Waals surface area contributed by atoms with Gasteiger partial charge in [-0.2, -0.15) is 0 Å². The number of aryl methyl sites for hydroxylation is 1. The Morgan fingerprint density at radius 2 is 1.58 bits per heavy atom. The van der Waals surface area contributed by atoms with Crippen LogP contribution in [0.1, 0.15) is 17.7 Å². The zero-order valence-electron chi connectivity index (χ0n) is 17.8. The minimum absolute atomic E-state index is 0.00223. The van der Waals surface area contributed by atoms with Crippen LogP contribution in [-0.4, -0.2) is 54.0 Å². The molecule has 0 saturated carbocycles. The first-order chi connectivity index (χ1) is 14.9. The van der Waals surface area contributed by atoms with Gasteiger partial charge in [0, 0.05) is 26.7 Å². The van der Waals surface area contributed by atoms with E-state index >= 15 is 0 Å². The van der Waals surface area contributed by atoms with Gasteiger partial charge in [0.15, 0.2) is 13.6 Å². The summed E-state index contributed by atoms with van der Waals surface area (Å²) in [6.45, 7) is -0.0380. The number of hydrogen-bond acceptors (Lipinski definition) is 9. The van der Waals surface area contributed by atoms with Gasteiger partial charge in [0.25, 0.3) is 0 Å². The molecule has 0 fully saturated rings. The van der Waals surface area contributed by atoms with E-state index in [-0.39, 0.29) is 32.4 Å². The number of furan rings is 1. The predicted molar refractivity (Wildman–Crippen MR) is 113 cm³/mol. The van der Waals surface area contributed by atoms with E-state index < -0.39 is 5.97 Å². The zero-order valence-corrected chi connectivity index (χ0v) is 19.4. The second-order valence-corrected chi connectivity index (χ2v) is 7.03. The van der Waals surface area contributed by atoms with Crippen molar-refractivity contribution in [2.45, 2.75) is 19.3 Å². The summed E-state index contributed by atoms with van der Waals surface area (Å²) in [7, 11) is 5.63. The van der Waals surface area contributed by atoms with Crippen LogP contribution in [0.3, 0.4) is 0 Å². The van der Waals surface area contributed by atoms with E-state index in [1.807, 2.05) is 0 Å². The van der Waals surface area contributed by atoms with Crippen LogP contribution in [0, 0.1) is 0 Å². The van der Waals surface area contributed by atoms with Crippen molar-refractivity contribution in [2.24, 2.45) is 0 Å². The highest BCUT2D eigenvalue weighted by molar-refractivity contribution is 9.10. The number of carbonyl (C=O) groups is 2. The van der Waals surface area contributed by atoms with Gasteiger partial charge in [0.1, 0.15) is 23.0 Å². The third-order valence-corrected chi connectivity index (χ3v) is 5.09. The maximum absolute atomic E-state index is 12.1. The van der Waals surface area contributed by atoms with Crippen LogP contribution in [0.5, 0.6) is 11.5 Å². The number of methoxy groups -OCH3 is 4. The van der Waals surface area contributed by atoms with Gasteiger partial charge in [-0.15, -0.1) is 0 Å². The smallest absolute Gasteiger partial charge is 0.310 e. The number of hydrogen-bond donors (Lipinski definition) is 0. The summed E-state index contributed by atoms with van der Waals surface area (Å²) in [5.41, 5.74) is 1.07. The maximum Gasteiger partial charge on any atom is 0.310 e. The van der Waals surface area contributed by atoms with Crippen LogP contribution >= 0.6 is 15.9 Å². The molecule has 31 heavy (non-hydrogen) atoms. The lowest BCUT2D eigenvalue weighted by Crippen LogP contribution is -2.10. The molecule has 0 spiro atoms. The molecule has 1 heterocycles. The van der Waals surface area contributed by atoms with Crippen molar-refractivity contribution in [3.8, 4) is 22.8 Å². The molecule has 0 aliphatic carbocycles. The van der Waals surface area contributed by atoms with Crippen molar-refractivity contribution in [2.75, 3.05) is 42.0 Å². The minimum atomic E-state index is -0.457. The number of carbonyl (C=O) groups excluding carboxylic acids is 2. The normalized spacial score (nSPS) is 10.6. The Morgan fingerprint density at radius 1 is 0.935 bits per heavy atom. The van der Waals surface area contributed by atoms with Crippen molar-refractivity contribution in [1.29, 1.82) is 0 Å². The van der Waals surface area contributed by atoms with Gasteiger partial charge in [-0.05, 0) is 33.6 Å². The van der Waals surface area contributed by atoms with Crippen LogP contribution in [0.25, 0.3) is 11.3 Å². The Balaban J connectivity index is 2.55. The topological polar surface area (TPSA) is 103 Å². The van der Waals surface area contributed by atoms with Crippen molar-refractivity contribution in [1.82, 2.24) is 0 Å². The largest absolute Gasteiger partial charge is 0.469 e. The van der Waals surface area contributed by atoms with Gasteiger partial charge >= 0.3 is 11.9 Å². The van der Waals surface area contributed by atoms with Crippen LogP contribution in [0.2, 0.25) is 0 Å². The summed E-state index contributed by atoms with van der Waals surface area (Å²) in [5, 5.41) is 0.